The standard InChI is InChI=1S/C16H21NO4S/c1-16(8-9-16)22(20,21)17-11-12(6-7-15(18)19)10-13-4-2-3-5-14(13)17/h2-5,12H,6-11H2,1H3,(H,18,19). The van der Waals surface area contributed by atoms with Crippen molar-refractivity contribution in [3.8, 4) is 0 Å². The molecule has 0 radical (unpaired) electrons. The molecule has 1 fully saturated rings. The van der Waals surface area contributed by atoms with E-state index < -0.39 is 20.7 Å². The molecule has 1 saturated carbocycles. The van der Waals surface area contributed by atoms with Gasteiger partial charge in [0.25, 0.3) is 0 Å². The van der Waals surface area contributed by atoms with Gasteiger partial charge in [0.1, 0.15) is 0 Å². The smallest absolute Gasteiger partial charge is 0.303 e. The highest BCUT2D eigenvalue weighted by atomic mass is 32.2. The third-order valence-electron chi connectivity index (χ3n) is 4.83. The Balaban J connectivity index is 1.92. The van der Waals surface area contributed by atoms with Crippen LogP contribution in [-0.4, -0.2) is 30.8 Å². The molecule has 1 aliphatic heterocycles. The molecule has 1 aromatic rings. The lowest BCUT2D eigenvalue weighted by molar-refractivity contribution is -0.137. The van der Waals surface area contributed by atoms with E-state index in [1.54, 1.807) is 6.92 Å². The van der Waals surface area contributed by atoms with Gasteiger partial charge in [-0.05, 0) is 50.2 Å². The quantitative estimate of drug-likeness (QED) is 0.903. The second-order valence-electron chi connectivity index (χ2n) is 6.62. The number of carbonyl (C=O) groups is 1. The summed E-state index contributed by atoms with van der Waals surface area (Å²) in [5.41, 5.74) is 1.76. The zero-order valence-corrected chi connectivity index (χ0v) is 13.5. The number of carboxylic acid groups (broad SMARTS) is 1. The van der Waals surface area contributed by atoms with Crippen LogP contribution in [0.1, 0.15) is 38.2 Å². The zero-order valence-electron chi connectivity index (χ0n) is 12.7. The highest BCUT2D eigenvalue weighted by molar-refractivity contribution is 7.94. The SMILES string of the molecule is CC1(S(=O)(=O)N2CC(CCC(=O)O)Cc3ccccc32)CC1. The number of rotatable bonds is 5. The summed E-state index contributed by atoms with van der Waals surface area (Å²) in [6.45, 7) is 2.19. The van der Waals surface area contributed by atoms with Gasteiger partial charge in [-0.25, -0.2) is 8.42 Å². The van der Waals surface area contributed by atoms with Crippen LogP contribution in [0, 0.1) is 5.92 Å². The number of hydrogen-bond acceptors (Lipinski definition) is 3. The molecular weight excluding hydrogens is 302 g/mol. The fourth-order valence-electron chi connectivity index (χ4n) is 3.08. The van der Waals surface area contributed by atoms with Gasteiger partial charge in [-0.2, -0.15) is 0 Å². The summed E-state index contributed by atoms with van der Waals surface area (Å²) in [6.07, 6.45) is 2.73. The summed E-state index contributed by atoms with van der Waals surface area (Å²) in [5.74, 6) is -0.773. The van der Waals surface area contributed by atoms with Crippen LogP contribution in [0.5, 0.6) is 0 Å². The number of sulfonamides is 1. The molecule has 0 amide bonds. The summed E-state index contributed by atoms with van der Waals surface area (Å²) in [6, 6.07) is 7.56. The number of nitrogens with zero attached hydrogens (tertiary/aromatic N) is 1. The van der Waals surface area contributed by atoms with Gasteiger partial charge in [0.15, 0.2) is 0 Å². The molecule has 0 spiro atoms. The predicted octanol–water partition coefficient (Wildman–Crippen LogP) is 2.41. The van der Waals surface area contributed by atoms with Crippen LogP contribution in [0.3, 0.4) is 0 Å². The molecule has 1 aliphatic carbocycles. The Kier molecular flexibility index (Phi) is 3.67. The fourth-order valence-corrected chi connectivity index (χ4v) is 5.08. The summed E-state index contributed by atoms with van der Waals surface area (Å²) in [5, 5.41) is 8.87. The number of para-hydroxylation sites is 1. The number of anilines is 1. The van der Waals surface area contributed by atoms with E-state index in [0.29, 0.717) is 25.8 Å². The van der Waals surface area contributed by atoms with E-state index in [1.165, 1.54) is 4.31 Å². The molecule has 1 atom stereocenters. The Hall–Kier alpha value is -1.56. The number of carboxylic acids is 1. The highest BCUT2D eigenvalue weighted by Gasteiger charge is 2.53. The Morgan fingerprint density at radius 2 is 2.05 bits per heavy atom. The summed E-state index contributed by atoms with van der Waals surface area (Å²) >= 11 is 0. The summed E-state index contributed by atoms with van der Waals surface area (Å²) in [7, 11) is -3.39. The summed E-state index contributed by atoms with van der Waals surface area (Å²) < 4.78 is 26.7. The molecule has 2 aliphatic rings. The second-order valence-corrected chi connectivity index (χ2v) is 8.99. The van der Waals surface area contributed by atoms with Crippen molar-refractivity contribution in [2.45, 2.75) is 43.8 Å². The van der Waals surface area contributed by atoms with Crippen molar-refractivity contribution in [2.24, 2.45) is 5.92 Å². The van der Waals surface area contributed by atoms with Crippen LogP contribution in [-0.2, 0) is 21.2 Å². The molecule has 1 unspecified atom stereocenters. The highest BCUT2D eigenvalue weighted by Crippen LogP contribution is 2.47. The lowest BCUT2D eigenvalue weighted by atomic mass is 9.90. The van der Waals surface area contributed by atoms with Crippen molar-refractivity contribution in [1.29, 1.82) is 0 Å². The van der Waals surface area contributed by atoms with Crippen LogP contribution < -0.4 is 4.31 Å². The maximum absolute atomic E-state index is 12.9. The second kappa shape index (κ2) is 5.26. The van der Waals surface area contributed by atoms with E-state index >= 15 is 0 Å². The van der Waals surface area contributed by atoms with Gasteiger partial charge >= 0.3 is 5.97 Å². The maximum Gasteiger partial charge on any atom is 0.303 e. The summed E-state index contributed by atoms with van der Waals surface area (Å²) in [4.78, 5) is 10.8. The lowest BCUT2D eigenvalue weighted by Gasteiger charge is -2.37. The van der Waals surface area contributed by atoms with Crippen LogP contribution in [0.4, 0.5) is 5.69 Å². The maximum atomic E-state index is 12.9. The minimum Gasteiger partial charge on any atom is -0.481 e. The van der Waals surface area contributed by atoms with Crippen LogP contribution in [0.2, 0.25) is 0 Å². The first-order valence-electron chi connectivity index (χ1n) is 7.65. The van der Waals surface area contributed by atoms with Gasteiger partial charge in [-0.15, -0.1) is 0 Å². The molecule has 0 saturated heterocycles. The normalized spacial score (nSPS) is 23.0. The average molecular weight is 323 g/mol. The van der Waals surface area contributed by atoms with E-state index in [4.69, 9.17) is 5.11 Å². The molecule has 22 heavy (non-hydrogen) atoms. The average Bonchev–Trinajstić information content (AvgIpc) is 3.24. The van der Waals surface area contributed by atoms with Crippen molar-refractivity contribution in [2.75, 3.05) is 10.8 Å². The zero-order chi connectivity index (χ0) is 16.0. The third-order valence-corrected chi connectivity index (χ3v) is 7.41. The number of aliphatic carboxylic acids is 1. The molecule has 1 aromatic carbocycles. The van der Waals surface area contributed by atoms with Crippen LogP contribution in [0.25, 0.3) is 0 Å². The van der Waals surface area contributed by atoms with Gasteiger partial charge in [-0.1, -0.05) is 18.2 Å². The number of fused-ring (bicyclic) bond motifs is 1. The predicted molar refractivity (Wildman–Crippen MR) is 84.4 cm³/mol. The molecule has 0 aromatic heterocycles. The monoisotopic (exact) mass is 323 g/mol. The molecule has 120 valence electrons. The van der Waals surface area contributed by atoms with Crippen LogP contribution >= 0.6 is 0 Å². The molecule has 1 N–H and O–H groups in total. The minimum absolute atomic E-state index is 0.0584. The third kappa shape index (κ3) is 2.60. The van der Waals surface area contributed by atoms with E-state index in [2.05, 4.69) is 0 Å². The lowest BCUT2D eigenvalue weighted by Crippen LogP contribution is -2.45. The molecule has 5 nitrogen and oxygen atoms in total. The van der Waals surface area contributed by atoms with Crippen molar-refractivity contribution in [3.05, 3.63) is 29.8 Å². The van der Waals surface area contributed by atoms with E-state index in [0.717, 1.165) is 17.7 Å². The van der Waals surface area contributed by atoms with Gasteiger partial charge in [0.2, 0.25) is 10.0 Å². The van der Waals surface area contributed by atoms with Crippen molar-refractivity contribution in [3.63, 3.8) is 0 Å². The number of hydrogen-bond donors (Lipinski definition) is 1. The minimum atomic E-state index is -3.39. The Morgan fingerprint density at radius 3 is 2.68 bits per heavy atom. The van der Waals surface area contributed by atoms with Gasteiger partial charge in [0.05, 0.1) is 10.4 Å². The van der Waals surface area contributed by atoms with E-state index in [9.17, 15) is 13.2 Å². The van der Waals surface area contributed by atoms with Crippen molar-refractivity contribution < 1.29 is 18.3 Å². The van der Waals surface area contributed by atoms with Gasteiger partial charge < -0.3 is 5.11 Å². The van der Waals surface area contributed by atoms with Gasteiger partial charge in [0, 0.05) is 13.0 Å². The van der Waals surface area contributed by atoms with E-state index in [1.807, 2.05) is 24.3 Å². The first-order valence-corrected chi connectivity index (χ1v) is 9.09. The molecule has 6 heteroatoms. The first kappa shape index (κ1) is 15.3. The largest absolute Gasteiger partial charge is 0.481 e. The Morgan fingerprint density at radius 1 is 1.36 bits per heavy atom. The van der Waals surface area contributed by atoms with Crippen molar-refractivity contribution in [1.82, 2.24) is 0 Å². The Bertz CT molecular complexity index is 694. The fraction of sp³-hybridized carbons (Fsp3) is 0.562. The number of benzene rings is 1. The Labute approximate surface area is 131 Å². The first-order chi connectivity index (χ1) is 10.3. The van der Waals surface area contributed by atoms with E-state index in [-0.39, 0.29) is 12.3 Å². The molecule has 0 bridgehead atoms. The van der Waals surface area contributed by atoms with Gasteiger partial charge in [-0.3, -0.25) is 9.10 Å². The molecule has 3 rings (SSSR count). The molecular formula is C16H21NO4S. The van der Waals surface area contributed by atoms with Crippen LogP contribution in [0.15, 0.2) is 24.3 Å². The topological polar surface area (TPSA) is 74.7 Å². The van der Waals surface area contributed by atoms with Crippen molar-refractivity contribution >= 4 is 21.7 Å². The molecule has 1 heterocycles.